The number of hydrazone groups is 1. The maximum Gasteiger partial charge on any atom is 0.337 e. The number of nitrogens with one attached hydrogen (secondary N) is 1. The van der Waals surface area contributed by atoms with E-state index in [0.717, 1.165) is 17.2 Å². The average Bonchev–Trinajstić information content (AvgIpc) is 3.21. The van der Waals surface area contributed by atoms with Crippen molar-refractivity contribution < 1.29 is 23.1 Å². The Bertz CT molecular complexity index is 1190. The minimum Gasteiger partial charge on any atom is -0.465 e. The van der Waals surface area contributed by atoms with E-state index in [1.165, 1.54) is 25.5 Å². The lowest BCUT2D eigenvalue weighted by Gasteiger charge is -2.05. The highest BCUT2D eigenvalue weighted by atomic mass is 19.1. The summed E-state index contributed by atoms with van der Waals surface area (Å²) in [6, 6.07) is 13.8. The number of hydrogen-bond acceptors (Lipinski definition) is 6. The number of ether oxygens (including phenoxy) is 1. The number of aryl methyl sites for hydroxylation is 1. The first kappa shape index (κ1) is 20.5. The van der Waals surface area contributed by atoms with Crippen LogP contribution < -0.4 is 5.43 Å². The molecule has 0 bridgehead atoms. The van der Waals surface area contributed by atoms with Crippen LogP contribution >= 0.6 is 0 Å². The van der Waals surface area contributed by atoms with Gasteiger partial charge in [-0.25, -0.2) is 14.6 Å². The van der Waals surface area contributed by atoms with E-state index in [4.69, 9.17) is 14.4 Å². The summed E-state index contributed by atoms with van der Waals surface area (Å²) in [4.78, 5) is 23.6. The average molecular weight is 405 g/mol. The third kappa shape index (κ3) is 4.42. The Labute approximate surface area is 171 Å². The zero-order chi connectivity index (χ0) is 21.7. The summed E-state index contributed by atoms with van der Waals surface area (Å²) >= 11 is 0. The molecule has 150 valence electrons. The molecule has 1 N–H and O–H groups in total. The van der Waals surface area contributed by atoms with Crippen LogP contribution in [-0.2, 0) is 4.74 Å². The molecule has 2 aromatic carbocycles. The zero-order valence-corrected chi connectivity index (χ0v) is 16.1. The first-order chi connectivity index (χ1) is 14.4. The Morgan fingerprint density at radius 1 is 1.20 bits per heavy atom. The van der Waals surface area contributed by atoms with E-state index in [2.05, 4.69) is 10.5 Å². The smallest absolute Gasteiger partial charge is 0.337 e. The van der Waals surface area contributed by atoms with E-state index in [1.54, 1.807) is 36.4 Å². The van der Waals surface area contributed by atoms with E-state index in [1.807, 2.05) is 6.92 Å². The number of nitrogens with zero attached hydrogens (tertiary/aromatic N) is 2. The van der Waals surface area contributed by atoms with Crippen LogP contribution in [-0.4, -0.2) is 25.2 Å². The van der Waals surface area contributed by atoms with Gasteiger partial charge in [0.2, 0.25) is 0 Å². The second-order valence-electron chi connectivity index (χ2n) is 6.23. The summed E-state index contributed by atoms with van der Waals surface area (Å²) in [6.07, 6.45) is 1.28. The number of nitriles is 1. The lowest BCUT2D eigenvalue weighted by atomic mass is 10.0. The maximum absolute atomic E-state index is 13.9. The van der Waals surface area contributed by atoms with Crippen LogP contribution in [0.5, 0.6) is 0 Å². The van der Waals surface area contributed by atoms with Gasteiger partial charge < -0.3 is 9.15 Å². The van der Waals surface area contributed by atoms with Crippen LogP contribution in [0.3, 0.4) is 0 Å². The van der Waals surface area contributed by atoms with Gasteiger partial charge in [-0.1, -0.05) is 6.07 Å². The van der Waals surface area contributed by atoms with Gasteiger partial charge in [0, 0.05) is 5.56 Å². The molecule has 0 aliphatic carbocycles. The third-order valence-corrected chi connectivity index (χ3v) is 4.24. The largest absolute Gasteiger partial charge is 0.465 e. The fourth-order valence-electron chi connectivity index (χ4n) is 2.74. The molecule has 3 rings (SSSR count). The van der Waals surface area contributed by atoms with E-state index < -0.39 is 17.7 Å². The molecule has 3 aromatic rings. The molecule has 0 unspecified atom stereocenters. The van der Waals surface area contributed by atoms with Crippen LogP contribution in [0.2, 0.25) is 0 Å². The number of carbonyl (C=O) groups is 2. The number of benzene rings is 2. The molecule has 0 saturated carbocycles. The predicted molar refractivity (Wildman–Crippen MR) is 106 cm³/mol. The van der Waals surface area contributed by atoms with Gasteiger partial charge in [0.15, 0.2) is 0 Å². The van der Waals surface area contributed by atoms with Crippen molar-refractivity contribution in [2.75, 3.05) is 7.11 Å². The van der Waals surface area contributed by atoms with Crippen LogP contribution in [0, 0.1) is 24.1 Å². The van der Waals surface area contributed by atoms with Crippen molar-refractivity contribution in [2.24, 2.45) is 5.10 Å². The highest BCUT2D eigenvalue weighted by Crippen LogP contribution is 2.26. The normalized spacial score (nSPS) is 10.6. The molecule has 1 heterocycles. The molecule has 8 heteroatoms. The first-order valence-corrected chi connectivity index (χ1v) is 8.75. The summed E-state index contributed by atoms with van der Waals surface area (Å²) in [5.41, 5.74) is 4.13. The molecule has 1 amide bonds. The second-order valence-corrected chi connectivity index (χ2v) is 6.23. The monoisotopic (exact) mass is 405 g/mol. The molecule has 0 saturated heterocycles. The highest BCUT2D eigenvalue weighted by molar-refractivity contribution is 5.95. The Kier molecular flexibility index (Phi) is 6.03. The van der Waals surface area contributed by atoms with Crippen molar-refractivity contribution in [3.8, 4) is 17.4 Å². The quantitative estimate of drug-likeness (QED) is 0.395. The summed E-state index contributed by atoms with van der Waals surface area (Å²) in [5.74, 6) is -1.08. The molecule has 0 radical (unpaired) electrons. The topological polar surface area (TPSA) is 105 Å². The van der Waals surface area contributed by atoms with Gasteiger partial charge in [-0.3, -0.25) is 4.79 Å². The Morgan fingerprint density at radius 2 is 2.00 bits per heavy atom. The van der Waals surface area contributed by atoms with Gasteiger partial charge in [-0.05, 0) is 55.0 Å². The molecule has 0 aliphatic heterocycles. The Hall–Kier alpha value is -4.25. The second kappa shape index (κ2) is 8.84. The number of halogens is 1. The van der Waals surface area contributed by atoms with Crippen molar-refractivity contribution in [2.45, 2.75) is 6.92 Å². The van der Waals surface area contributed by atoms with Crippen molar-refractivity contribution in [1.29, 1.82) is 5.26 Å². The van der Waals surface area contributed by atoms with Crippen LogP contribution in [0.4, 0.5) is 4.39 Å². The summed E-state index contributed by atoms with van der Waals surface area (Å²) in [5, 5.41) is 12.5. The van der Waals surface area contributed by atoms with Gasteiger partial charge in [-0.15, -0.1) is 0 Å². The Morgan fingerprint density at radius 3 is 2.67 bits per heavy atom. The number of esters is 1. The fraction of sp³-hybridized carbons (Fsp3) is 0.0909. The number of rotatable bonds is 5. The number of hydrogen-bond donors (Lipinski definition) is 1. The lowest BCUT2D eigenvalue weighted by Crippen LogP contribution is -2.19. The van der Waals surface area contributed by atoms with E-state index in [0.29, 0.717) is 17.1 Å². The molecule has 30 heavy (non-hydrogen) atoms. The number of methoxy groups -OCH3 is 1. The standard InChI is InChI=1S/C22H16FN3O4/c1-13-9-15(22(28)29-2)4-7-17(13)20-8-5-16(30-20)12-25-26-21(27)18-6-3-14(11-24)10-19(18)23/h3-10,12H,1-2H3,(H,26,27)/b25-12+. The van der Waals surface area contributed by atoms with Crippen LogP contribution in [0.15, 0.2) is 58.0 Å². The minimum absolute atomic E-state index is 0.116. The van der Waals surface area contributed by atoms with E-state index in [-0.39, 0.29) is 11.1 Å². The maximum atomic E-state index is 13.9. The lowest BCUT2D eigenvalue weighted by molar-refractivity contribution is 0.0600. The van der Waals surface area contributed by atoms with Crippen molar-refractivity contribution >= 4 is 18.1 Å². The van der Waals surface area contributed by atoms with Gasteiger partial charge in [0.05, 0.1) is 36.1 Å². The molecule has 0 aliphatic rings. The van der Waals surface area contributed by atoms with Crippen LogP contribution in [0.25, 0.3) is 11.3 Å². The number of carbonyl (C=O) groups excluding carboxylic acids is 2. The SMILES string of the molecule is COC(=O)c1ccc(-c2ccc(/C=N/NC(=O)c3ccc(C#N)cc3F)o2)c(C)c1. The Balaban J connectivity index is 1.70. The van der Waals surface area contributed by atoms with Crippen LogP contribution in [0.1, 0.15) is 37.6 Å². The first-order valence-electron chi connectivity index (χ1n) is 8.75. The summed E-state index contributed by atoms with van der Waals surface area (Å²) < 4.78 is 24.3. The minimum atomic E-state index is -0.812. The molecule has 0 fully saturated rings. The molecule has 0 atom stereocenters. The van der Waals surface area contributed by atoms with Crippen molar-refractivity contribution in [3.05, 3.63) is 82.4 Å². The fourth-order valence-corrected chi connectivity index (χ4v) is 2.74. The van der Waals surface area contributed by atoms with Gasteiger partial charge in [0.25, 0.3) is 5.91 Å². The highest BCUT2D eigenvalue weighted by Gasteiger charge is 2.13. The number of furan rings is 1. The summed E-state index contributed by atoms with van der Waals surface area (Å²) in [6.45, 7) is 1.84. The van der Waals surface area contributed by atoms with Crippen molar-refractivity contribution in [1.82, 2.24) is 5.43 Å². The molecular formula is C22H16FN3O4. The predicted octanol–water partition coefficient (Wildman–Crippen LogP) is 3.82. The molecule has 1 aromatic heterocycles. The van der Waals surface area contributed by atoms with Crippen molar-refractivity contribution in [3.63, 3.8) is 0 Å². The summed E-state index contributed by atoms with van der Waals surface area (Å²) in [7, 11) is 1.32. The zero-order valence-electron chi connectivity index (χ0n) is 16.1. The van der Waals surface area contributed by atoms with Gasteiger partial charge in [0.1, 0.15) is 17.3 Å². The van der Waals surface area contributed by atoms with E-state index in [9.17, 15) is 14.0 Å². The molecule has 0 spiro atoms. The number of amides is 1. The van der Waals surface area contributed by atoms with Gasteiger partial charge >= 0.3 is 5.97 Å². The third-order valence-electron chi connectivity index (χ3n) is 4.24. The molecule has 7 nitrogen and oxygen atoms in total. The van der Waals surface area contributed by atoms with E-state index >= 15 is 0 Å². The molecular weight excluding hydrogens is 389 g/mol. The van der Waals surface area contributed by atoms with Gasteiger partial charge in [-0.2, -0.15) is 10.4 Å².